The zero-order chi connectivity index (χ0) is 19.5. The Hall–Kier alpha value is -1.79. The van der Waals surface area contributed by atoms with Gasteiger partial charge < -0.3 is 13.9 Å². The van der Waals surface area contributed by atoms with Crippen LogP contribution in [0, 0.1) is 0 Å². The number of carbonyl (C=O) groups is 1. The van der Waals surface area contributed by atoms with Crippen LogP contribution in [-0.2, 0) is 18.7 Å². The fourth-order valence-corrected chi connectivity index (χ4v) is 8.39. The number of rotatable bonds is 6. The van der Waals surface area contributed by atoms with Gasteiger partial charge in [-0.15, -0.1) is 0 Å². The average molecular weight is 385 g/mol. The van der Waals surface area contributed by atoms with E-state index in [9.17, 15) is 4.79 Å². The van der Waals surface area contributed by atoms with Crippen molar-refractivity contribution in [2.75, 3.05) is 13.7 Å². The summed E-state index contributed by atoms with van der Waals surface area (Å²) in [4.78, 5) is 12.3. The molecule has 0 radical (unpaired) electrons. The van der Waals surface area contributed by atoms with E-state index in [1.807, 2.05) is 36.4 Å². The Morgan fingerprint density at radius 3 is 1.93 bits per heavy atom. The summed E-state index contributed by atoms with van der Waals surface area (Å²) in [6.07, 6.45) is -0.757. The summed E-state index contributed by atoms with van der Waals surface area (Å²) in [6.45, 7) is 6.89. The molecule has 0 saturated carbocycles. The number of hydrogen-bond donors (Lipinski definition) is 0. The van der Waals surface area contributed by atoms with Gasteiger partial charge >= 0.3 is 0 Å². The van der Waals surface area contributed by atoms with E-state index in [1.54, 1.807) is 7.11 Å². The summed E-state index contributed by atoms with van der Waals surface area (Å²) in [6, 6.07) is 20.8. The van der Waals surface area contributed by atoms with Crippen molar-refractivity contribution in [2.24, 2.45) is 0 Å². The van der Waals surface area contributed by atoms with Crippen molar-refractivity contribution in [3.05, 3.63) is 60.7 Å². The van der Waals surface area contributed by atoms with Gasteiger partial charge in [-0.3, -0.25) is 4.79 Å². The number of ketones is 1. The Kier molecular flexibility index (Phi) is 5.96. The van der Waals surface area contributed by atoms with Crippen molar-refractivity contribution in [2.45, 2.75) is 44.6 Å². The molecule has 1 fully saturated rings. The molecule has 0 unspecified atom stereocenters. The van der Waals surface area contributed by atoms with Crippen LogP contribution in [0.3, 0.4) is 0 Å². The van der Waals surface area contributed by atoms with Crippen molar-refractivity contribution < 1.29 is 18.7 Å². The van der Waals surface area contributed by atoms with Gasteiger partial charge in [0.25, 0.3) is 8.32 Å². The van der Waals surface area contributed by atoms with E-state index in [1.165, 1.54) is 10.4 Å². The molecule has 2 atom stereocenters. The lowest BCUT2D eigenvalue weighted by Crippen LogP contribution is -2.67. The molecule has 27 heavy (non-hydrogen) atoms. The fourth-order valence-electron chi connectivity index (χ4n) is 3.84. The highest BCUT2D eigenvalue weighted by molar-refractivity contribution is 6.99. The number of carbonyl (C=O) groups excluding carboxylic acids is 1. The quantitative estimate of drug-likeness (QED) is 0.719. The standard InChI is InChI=1S/C22H28O4Si/c1-22(2,3)27(17-11-7-5-8-12-17,18-13-9-6-10-14-18)25-16-20-19(23)15-21(24-4)26-20/h5-14,20-21H,15-16H2,1-4H3/t20-,21+/m1/s1. The lowest BCUT2D eigenvalue weighted by molar-refractivity contribution is -0.133. The maximum Gasteiger partial charge on any atom is 0.261 e. The van der Waals surface area contributed by atoms with Crippen LogP contribution in [0.4, 0.5) is 0 Å². The Bertz CT molecular complexity index is 715. The molecule has 0 spiro atoms. The van der Waals surface area contributed by atoms with Crippen molar-refractivity contribution in [1.29, 1.82) is 0 Å². The van der Waals surface area contributed by atoms with Crippen molar-refractivity contribution >= 4 is 24.5 Å². The second kappa shape index (κ2) is 8.06. The monoisotopic (exact) mass is 384 g/mol. The topological polar surface area (TPSA) is 44.8 Å². The van der Waals surface area contributed by atoms with E-state index < -0.39 is 20.7 Å². The van der Waals surface area contributed by atoms with Crippen LogP contribution in [-0.4, -0.2) is 40.2 Å². The molecule has 0 aliphatic carbocycles. The summed E-state index contributed by atoms with van der Waals surface area (Å²) in [5.41, 5.74) is 0. The van der Waals surface area contributed by atoms with Crippen LogP contribution in [0.2, 0.25) is 5.04 Å². The molecule has 0 aromatic heterocycles. The van der Waals surface area contributed by atoms with Crippen molar-refractivity contribution in [3.8, 4) is 0 Å². The third-order valence-electron chi connectivity index (χ3n) is 5.17. The molecule has 2 aromatic carbocycles. The number of Topliss-reactive ketones (excluding diaryl/α,β-unsaturated/α-hetero) is 1. The first-order valence-electron chi connectivity index (χ1n) is 9.34. The van der Waals surface area contributed by atoms with Gasteiger partial charge in [-0.2, -0.15) is 0 Å². The van der Waals surface area contributed by atoms with Gasteiger partial charge in [0.2, 0.25) is 0 Å². The predicted octanol–water partition coefficient (Wildman–Crippen LogP) is 2.89. The lowest BCUT2D eigenvalue weighted by Gasteiger charge is -2.43. The minimum atomic E-state index is -2.65. The van der Waals surface area contributed by atoms with E-state index in [4.69, 9.17) is 13.9 Å². The normalized spacial score (nSPS) is 20.8. The molecule has 1 saturated heterocycles. The molecule has 1 heterocycles. The highest BCUT2D eigenvalue weighted by atomic mass is 28.4. The minimum Gasteiger partial charge on any atom is -0.404 e. The van der Waals surface area contributed by atoms with Gasteiger partial charge in [0.15, 0.2) is 12.1 Å². The Labute approximate surface area is 162 Å². The first-order chi connectivity index (χ1) is 12.9. The minimum absolute atomic E-state index is 0.0415. The summed E-state index contributed by atoms with van der Waals surface area (Å²) in [5, 5.41) is 2.26. The van der Waals surface area contributed by atoms with Crippen LogP contribution in [0.5, 0.6) is 0 Å². The summed E-state index contributed by atoms with van der Waals surface area (Å²) < 4.78 is 17.7. The molecule has 3 rings (SSSR count). The molecule has 4 nitrogen and oxygen atoms in total. The van der Waals surface area contributed by atoms with E-state index in [2.05, 4.69) is 45.0 Å². The van der Waals surface area contributed by atoms with Crippen molar-refractivity contribution in [3.63, 3.8) is 0 Å². The summed E-state index contributed by atoms with van der Waals surface area (Å²) >= 11 is 0. The lowest BCUT2D eigenvalue weighted by atomic mass is 10.2. The number of ether oxygens (including phenoxy) is 2. The van der Waals surface area contributed by atoms with Gasteiger partial charge in [-0.1, -0.05) is 81.4 Å². The Balaban J connectivity index is 2.01. The highest BCUT2D eigenvalue weighted by Crippen LogP contribution is 2.37. The van der Waals surface area contributed by atoms with E-state index in [0.717, 1.165) is 0 Å². The molecule has 144 valence electrons. The maximum atomic E-state index is 12.3. The number of hydrogen-bond acceptors (Lipinski definition) is 4. The Morgan fingerprint density at radius 1 is 1.00 bits per heavy atom. The molecule has 0 bridgehead atoms. The molecule has 0 amide bonds. The second-order valence-electron chi connectivity index (χ2n) is 7.93. The van der Waals surface area contributed by atoms with Crippen molar-refractivity contribution in [1.82, 2.24) is 0 Å². The average Bonchev–Trinajstić information content (AvgIpc) is 3.03. The summed E-state index contributed by atoms with van der Waals surface area (Å²) in [7, 11) is -1.09. The van der Waals surface area contributed by atoms with Crippen LogP contribution in [0.15, 0.2) is 60.7 Å². The van der Waals surface area contributed by atoms with E-state index in [-0.39, 0.29) is 23.8 Å². The predicted molar refractivity (Wildman–Crippen MR) is 109 cm³/mol. The van der Waals surface area contributed by atoms with Gasteiger partial charge in [0.1, 0.15) is 6.10 Å². The maximum absolute atomic E-state index is 12.3. The molecular weight excluding hydrogens is 356 g/mol. The zero-order valence-corrected chi connectivity index (χ0v) is 17.5. The Morgan fingerprint density at radius 2 is 1.52 bits per heavy atom. The third-order valence-corrected chi connectivity index (χ3v) is 10.2. The molecule has 1 aliphatic heterocycles. The van der Waals surface area contributed by atoms with Crippen LogP contribution in [0.25, 0.3) is 0 Å². The molecule has 2 aromatic rings. The van der Waals surface area contributed by atoms with Crippen LogP contribution >= 0.6 is 0 Å². The molecule has 1 aliphatic rings. The first-order valence-corrected chi connectivity index (χ1v) is 11.3. The molecule has 0 N–H and O–H groups in total. The van der Waals surface area contributed by atoms with Crippen LogP contribution < -0.4 is 10.4 Å². The zero-order valence-electron chi connectivity index (χ0n) is 16.5. The molecule has 5 heteroatoms. The number of methoxy groups -OCH3 is 1. The van der Waals surface area contributed by atoms with E-state index in [0.29, 0.717) is 0 Å². The van der Waals surface area contributed by atoms with Crippen LogP contribution in [0.1, 0.15) is 27.2 Å². The van der Waals surface area contributed by atoms with E-state index >= 15 is 0 Å². The van der Waals surface area contributed by atoms with Gasteiger partial charge in [-0.05, 0) is 15.4 Å². The van der Waals surface area contributed by atoms with Gasteiger partial charge in [0, 0.05) is 7.11 Å². The summed E-state index contributed by atoms with van der Waals surface area (Å²) in [5.74, 6) is 0.0415. The third kappa shape index (κ3) is 3.92. The smallest absolute Gasteiger partial charge is 0.261 e. The fraction of sp³-hybridized carbons (Fsp3) is 0.409. The van der Waals surface area contributed by atoms with Gasteiger partial charge in [0.05, 0.1) is 13.0 Å². The SMILES string of the molecule is CO[C@@H]1CC(=O)[C@@H](CO[Si](c2ccccc2)(c2ccccc2)C(C)(C)C)O1. The first kappa shape index (κ1) is 20.0. The van der Waals surface area contributed by atoms with Gasteiger partial charge in [-0.25, -0.2) is 0 Å². The second-order valence-corrected chi connectivity index (χ2v) is 12.2. The number of benzene rings is 2. The largest absolute Gasteiger partial charge is 0.404 e. The highest BCUT2D eigenvalue weighted by Gasteiger charge is 2.51. The molecular formula is C22H28O4Si.